The normalized spacial score (nSPS) is 14.2. The predicted octanol–water partition coefficient (Wildman–Crippen LogP) is 4.01. The van der Waals surface area contributed by atoms with Crippen LogP contribution in [0.25, 0.3) is 0 Å². The monoisotopic (exact) mass is 573 g/mol. The van der Waals surface area contributed by atoms with Crippen LogP contribution >= 0.6 is 39.9 Å². The quantitative estimate of drug-likeness (QED) is 0.252. The van der Waals surface area contributed by atoms with E-state index in [9.17, 15) is 8.42 Å². The van der Waals surface area contributed by atoms with Gasteiger partial charge in [0, 0.05) is 29.9 Å². The number of aliphatic imine (C=N–C) groups is 1. The van der Waals surface area contributed by atoms with Crippen molar-refractivity contribution in [2.24, 2.45) is 10.9 Å². The minimum absolute atomic E-state index is 0. The molecule has 0 amide bonds. The number of sulfone groups is 1. The molecule has 0 fully saturated rings. The summed E-state index contributed by atoms with van der Waals surface area (Å²) in [4.78, 5) is 4.72. The number of nitrogens with one attached hydrogen (secondary N) is 2. The van der Waals surface area contributed by atoms with E-state index in [2.05, 4.69) is 51.7 Å². The molecule has 0 spiro atoms. The molecule has 0 saturated heterocycles. The molecule has 0 heterocycles. The van der Waals surface area contributed by atoms with Gasteiger partial charge in [0.05, 0.1) is 5.75 Å². The average Bonchev–Trinajstić information content (AvgIpc) is 2.56. The second-order valence-electron chi connectivity index (χ2n) is 6.79. The van der Waals surface area contributed by atoms with Gasteiger partial charge in [-0.05, 0) is 50.3 Å². The standard InChI is InChI=1S/C19H32BrN3O2S.HI/c1-5-16(12-17-8-7-9-18(20)13-17)14-22-19(21-6-2)23-15(3)10-11-26(4,24)25;/h7-9,13,15-16H,5-6,10-12,14H2,1-4H3,(H2,21,22,23);1H. The van der Waals surface area contributed by atoms with Gasteiger partial charge >= 0.3 is 0 Å². The van der Waals surface area contributed by atoms with Crippen LogP contribution in [0.5, 0.6) is 0 Å². The maximum Gasteiger partial charge on any atom is 0.191 e. The summed E-state index contributed by atoms with van der Waals surface area (Å²) in [6.07, 6.45) is 3.88. The number of halogens is 2. The Bertz CT molecular complexity index is 683. The summed E-state index contributed by atoms with van der Waals surface area (Å²) in [5, 5.41) is 6.55. The summed E-state index contributed by atoms with van der Waals surface area (Å²) in [7, 11) is -2.94. The summed E-state index contributed by atoms with van der Waals surface area (Å²) in [5.41, 5.74) is 1.31. The van der Waals surface area contributed by atoms with Gasteiger partial charge in [-0.2, -0.15) is 0 Å². The van der Waals surface area contributed by atoms with Crippen molar-refractivity contribution >= 4 is 55.7 Å². The van der Waals surface area contributed by atoms with Crippen LogP contribution in [0, 0.1) is 5.92 Å². The lowest BCUT2D eigenvalue weighted by atomic mass is 9.97. The third-order valence-corrected chi connectivity index (χ3v) is 5.62. The largest absolute Gasteiger partial charge is 0.357 e. The molecule has 8 heteroatoms. The van der Waals surface area contributed by atoms with Crippen molar-refractivity contribution in [1.29, 1.82) is 0 Å². The molecule has 0 aliphatic heterocycles. The summed E-state index contributed by atoms with van der Waals surface area (Å²) in [5.74, 6) is 1.40. The lowest BCUT2D eigenvalue weighted by Crippen LogP contribution is -2.43. The van der Waals surface area contributed by atoms with E-state index in [0.717, 1.165) is 36.4 Å². The first-order chi connectivity index (χ1) is 12.2. The lowest BCUT2D eigenvalue weighted by molar-refractivity contribution is 0.515. The zero-order valence-corrected chi connectivity index (χ0v) is 21.4. The van der Waals surface area contributed by atoms with Gasteiger partial charge in [-0.15, -0.1) is 24.0 Å². The van der Waals surface area contributed by atoms with Crippen LogP contribution in [0.1, 0.15) is 39.2 Å². The summed E-state index contributed by atoms with van der Waals surface area (Å²) < 4.78 is 23.7. The van der Waals surface area contributed by atoms with Crippen molar-refractivity contribution in [3.05, 3.63) is 34.3 Å². The first kappa shape index (κ1) is 26.6. The Morgan fingerprint density at radius 2 is 2.00 bits per heavy atom. The predicted molar refractivity (Wildman–Crippen MR) is 130 cm³/mol. The van der Waals surface area contributed by atoms with E-state index < -0.39 is 9.84 Å². The van der Waals surface area contributed by atoms with Gasteiger partial charge in [0.2, 0.25) is 0 Å². The van der Waals surface area contributed by atoms with E-state index in [1.54, 1.807) is 0 Å². The molecule has 0 aromatic heterocycles. The minimum atomic E-state index is -2.94. The fourth-order valence-electron chi connectivity index (χ4n) is 2.57. The summed E-state index contributed by atoms with van der Waals surface area (Å²) in [6, 6.07) is 8.45. The first-order valence-corrected chi connectivity index (χ1v) is 12.1. The molecule has 0 bridgehead atoms. The third kappa shape index (κ3) is 12.7. The maximum absolute atomic E-state index is 11.3. The fraction of sp³-hybridized carbons (Fsp3) is 0.632. The topological polar surface area (TPSA) is 70.6 Å². The number of guanidine groups is 1. The number of rotatable bonds is 10. The Morgan fingerprint density at radius 3 is 2.56 bits per heavy atom. The molecule has 0 radical (unpaired) electrons. The molecule has 27 heavy (non-hydrogen) atoms. The first-order valence-electron chi connectivity index (χ1n) is 9.20. The number of benzene rings is 1. The maximum atomic E-state index is 11.3. The van der Waals surface area contributed by atoms with E-state index in [4.69, 9.17) is 4.99 Å². The fourth-order valence-corrected chi connectivity index (χ4v) is 3.80. The highest BCUT2D eigenvalue weighted by Crippen LogP contribution is 2.17. The second-order valence-corrected chi connectivity index (χ2v) is 9.97. The molecule has 0 aliphatic carbocycles. The SMILES string of the molecule is CCNC(=NCC(CC)Cc1cccc(Br)c1)NC(C)CCS(C)(=O)=O.I. The Morgan fingerprint density at radius 1 is 1.30 bits per heavy atom. The molecule has 2 N–H and O–H groups in total. The minimum Gasteiger partial charge on any atom is -0.357 e. The third-order valence-electron chi connectivity index (χ3n) is 4.15. The van der Waals surface area contributed by atoms with Crippen LogP contribution in [0.4, 0.5) is 0 Å². The van der Waals surface area contributed by atoms with Gasteiger partial charge in [0.1, 0.15) is 9.84 Å². The van der Waals surface area contributed by atoms with Crippen molar-refractivity contribution in [3.63, 3.8) is 0 Å². The van der Waals surface area contributed by atoms with Crippen LogP contribution in [0.3, 0.4) is 0 Å². The summed E-state index contributed by atoms with van der Waals surface area (Å²) in [6.45, 7) is 7.70. The van der Waals surface area contributed by atoms with Crippen molar-refractivity contribution in [2.45, 2.75) is 46.1 Å². The molecule has 2 unspecified atom stereocenters. The van der Waals surface area contributed by atoms with Gasteiger partial charge < -0.3 is 10.6 Å². The van der Waals surface area contributed by atoms with Crippen molar-refractivity contribution in [2.75, 3.05) is 25.1 Å². The summed E-state index contributed by atoms with van der Waals surface area (Å²) >= 11 is 3.52. The molecule has 0 saturated carbocycles. The van der Waals surface area contributed by atoms with Crippen LogP contribution < -0.4 is 10.6 Å². The second kappa shape index (κ2) is 13.8. The van der Waals surface area contributed by atoms with E-state index >= 15 is 0 Å². The Kier molecular flexibility index (Phi) is 13.6. The van der Waals surface area contributed by atoms with Crippen LogP contribution in [0.15, 0.2) is 33.7 Å². The number of hydrogen-bond acceptors (Lipinski definition) is 3. The highest BCUT2D eigenvalue weighted by molar-refractivity contribution is 14.0. The van der Waals surface area contributed by atoms with Gasteiger partial charge in [-0.3, -0.25) is 4.99 Å². The zero-order chi connectivity index (χ0) is 19.6. The Balaban J connectivity index is 0.00000676. The van der Waals surface area contributed by atoms with Crippen LogP contribution in [0.2, 0.25) is 0 Å². The molecule has 1 aromatic rings. The molecular formula is C19H33BrIN3O2S. The molecule has 1 aromatic carbocycles. The Hall–Kier alpha value is -0.350. The van der Waals surface area contributed by atoms with Gasteiger partial charge in [-0.1, -0.05) is 41.4 Å². The van der Waals surface area contributed by atoms with Gasteiger partial charge in [-0.25, -0.2) is 8.42 Å². The van der Waals surface area contributed by atoms with E-state index in [1.807, 2.05) is 19.9 Å². The Labute approximate surface area is 190 Å². The smallest absolute Gasteiger partial charge is 0.191 e. The molecular weight excluding hydrogens is 541 g/mol. The van der Waals surface area contributed by atoms with Gasteiger partial charge in [0.15, 0.2) is 5.96 Å². The molecule has 0 aliphatic rings. The highest BCUT2D eigenvalue weighted by atomic mass is 127. The lowest BCUT2D eigenvalue weighted by Gasteiger charge is -2.19. The van der Waals surface area contributed by atoms with E-state index in [-0.39, 0.29) is 35.8 Å². The molecule has 156 valence electrons. The number of nitrogens with zero attached hydrogens (tertiary/aromatic N) is 1. The molecule has 1 rings (SSSR count). The zero-order valence-electron chi connectivity index (χ0n) is 16.7. The average molecular weight is 574 g/mol. The number of hydrogen-bond donors (Lipinski definition) is 2. The van der Waals surface area contributed by atoms with E-state index in [1.165, 1.54) is 11.8 Å². The van der Waals surface area contributed by atoms with Gasteiger partial charge in [0.25, 0.3) is 0 Å². The van der Waals surface area contributed by atoms with E-state index in [0.29, 0.717) is 12.3 Å². The van der Waals surface area contributed by atoms with Crippen molar-refractivity contribution in [3.8, 4) is 0 Å². The van der Waals surface area contributed by atoms with Crippen LogP contribution in [-0.2, 0) is 16.3 Å². The van der Waals surface area contributed by atoms with Crippen molar-refractivity contribution in [1.82, 2.24) is 10.6 Å². The van der Waals surface area contributed by atoms with Crippen LogP contribution in [-0.4, -0.2) is 45.5 Å². The highest BCUT2D eigenvalue weighted by Gasteiger charge is 2.11. The van der Waals surface area contributed by atoms with Crippen molar-refractivity contribution < 1.29 is 8.42 Å². The molecule has 2 atom stereocenters. The molecule has 5 nitrogen and oxygen atoms in total.